The van der Waals surface area contributed by atoms with Crippen LogP contribution in [0.15, 0.2) is 0 Å². The zero-order chi connectivity index (χ0) is 9.94. The summed E-state index contributed by atoms with van der Waals surface area (Å²) < 4.78 is 4.97. The molecule has 0 aromatic rings. The molecule has 1 atom stereocenters. The molecule has 0 saturated heterocycles. The van der Waals surface area contributed by atoms with Gasteiger partial charge >= 0.3 is 0 Å². The van der Waals surface area contributed by atoms with E-state index in [1.165, 1.54) is 32.1 Å². The van der Waals surface area contributed by atoms with Crippen molar-refractivity contribution in [1.29, 1.82) is 0 Å². The van der Waals surface area contributed by atoms with Crippen LogP contribution in [0.25, 0.3) is 0 Å². The van der Waals surface area contributed by atoms with Crippen molar-refractivity contribution < 1.29 is 4.74 Å². The molecule has 13 heavy (non-hydrogen) atoms. The largest absolute Gasteiger partial charge is 0.383 e. The molecule has 1 N–H and O–H groups in total. The van der Waals surface area contributed by atoms with E-state index < -0.39 is 0 Å². The number of hydrogen-bond acceptors (Lipinski definition) is 2. The summed E-state index contributed by atoms with van der Waals surface area (Å²) in [7, 11) is 1.74. The fourth-order valence-corrected chi connectivity index (χ4v) is 1.39. The minimum Gasteiger partial charge on any atom is -0.383 e. The van der Waals surface area contributed by atoms with E-state index in [0.717, 1.165) is 13.2 Å². The highest BCUT2D eigenvalue weighted by Crippen LogP contribution is 2.04. The van der Waals surface area contributed by atoms with Gasteiger partial charge in [0, 0.05) is 19.7 Å². The topological polar surface area (TPSA) is 21.3 Å². The van der Waals surface area contributed by atoms with Crippen LogP contribution in [0.2, 0.25) is 0 Å². The number of hydrogen-bond donors (Lipinski definition) is 1. The molecule has 0 aliphatic rings. The van der Waals surface area contributed by atoms with Crippen molar-refractivity contribution in [2.24, 2.45) is 0 Å². The van der Waals surface area contributed by atoms with Gasteiger partial charge in [-0.25, -0.2) is 0 Å². The van der Waals surface area contributed by atoms with E-state index in [1.807, 2.05) is 0 Å². The highest BCUT2D eigenvalue weighted by Gasteiger charge is 1.99. The van der Waals surface area contributed by atoms with Crippen LogP contribution < -0.4 is 5.32 Å². The van der Waals surface area contributed by atoms with E-state index in [0.29, 0.717) is 6.04 Å². The van der Waals surface area contributed by atoms with Crippen LogP contribution in [0, 0.1) is 0 Å². The maximum absolute atomic E-state index is 4.97. The summed E-state index contributed by atoms with van der Waals surface area (Å²) in [5.74, 6) is 0. The van der Waals surface area contributed by atoms with E-state index in [1.54, 1.807) is 7.11 Å². The van der Waals surface area contributed by atoms with E-state index in [4.69, 9.17) is 4.74 Å². The van der Waals surface area contributed by atoms with Gasteiger partial charge in [0.15, 0.2) is 0 Å². The third kappa shape index (κ3) is 9.84. The van der Waals surface area contributed by atoms with Crippen molar-refractivity contribution in [2.45, 2.75) is 52.0 Å². The summed E-state index contributed by atoms with van der Waals surface area (Å²) in [6.07, 6.45) is 6.74. The van der Waals surface area contributed by atoms with Crippen molar-refractivity contribution >= 4 is 0 Å². The Bertz CT molecular complexity index is 96.1. The number of nitrogens with one attached hydrogen (secondary N) is 1. The van der Waals surface area contributed by atoms with E-state index in [-0.39, 0.29) is 0 Å². The minimum absolute atomic E-state index is 0.645. The first-order chi connectivity index (χ1) is 6.31. The Morgan fingerprint density at radius 2 is 2.00 bits per heavy atom. The third-order valence-electron chi connectivity index (χ3n) is 2.29. The maximum Gasteiger partial charge on any atom is 0.0587 e. The van der Waals surface area contributed by atoms with Crippen molar-refractivity contribution in [3.63, 3.8) is 0 Å². The molecule has 80 valence electrons. The summed E-state index contributed by atoms with van der Waals surface area (Å²) in [6, 6.07) is 0.645. The van der Waals surface area contributed by atoms with Gasteiger partial charge in [0.25, 0.3) is 0 Å². The Labute approximate surface area is 83.1 Å². The first kappa shape index (κ1) is 12.9. The molecule has 0 heterocycles. The first-order valence-electron chi connectivity index (χ1n) is 5.53. The molecule has 0 bridgehead atoms. The standard InChI is InChI=1S/C11H25NO/c1-4-5-6-7-8-11(2)12-9-10-13-3/h11-12H,4-10H2,1-3H3. The van der Waals surface area contributed by atoms with E-state index in [9.17, 15) is 0 Å². The van der Waals surface area contributed by atoms with Gasteiger partial charge < -0.3 is 10.1 Å². The van der Waals surface area contributed by atoms with Gasteiger partial charge in [0.2, 0.25) is 0 Å². The van der Waals surface area contributed by atoms with Crippen LogP contribution in [0.4, 0.5) is 0 Å². The Kier molecular flexibility index (Phi) is 9.94. The minimum atomic E-state index is 0.645. The quantitative estimate of drug-likeness (QED) is 0.560. The van der Waals surface area contributed by atoms with Crippen molar-refractivity contribution in [2.75, 3.05) is 20.3 Å². The molecule has 0 aromatic heterocycles. The molecule has 0 aliphatic heterocycles. The maximum atomic E-state index is 4.97. The van der Waals surface area contributed by atoms with Crippen molar-refractivity contribution in [3.8, 4) is 0 Å². The summed E-state index contributed by atoms with van der Waals surface area (Å²) >= 11 is 0. The number of rotatable bonds is 9. The Hall–Kier alpha value is -0.0800. The number of methoxy groups -OCH3 is 1. The van der Waals surface area contributed by atoms with Gasteiger partial charge in [0.05, 0.1) is 6.61 Å². The summed E-state index contributed by atoms with van der Waals surface area (Å²) in [5, 5.41) is 3.44. The van der Waals surface area contributed by atoms with Gasteiger partial charge in [-0.1, -0.05) is 32.6 Å². The number of ether oxygens (including phenoxy) is 1. The normalized spacial score (nSPS) is 13.2. The predicted molar refractivity (Wildman–Crippen MR) is 58.1 cm³/mol. The SMILES string of the molecule is CCCCCCC(C)NCCOC. The molecule has 0 amide bonds. The highest BCUT2D eigenvalue weighted by atomic mass is 16.5. The molecule has 1 unspecified atom stereocenters. The van der Waals surface area contributed by atoms with Crippen LogP contribution in [-0.2, 0) is 4.74 Å². The van der Waals surface area contributed by atoms with Crippen LogP contribution in [0.1, 0.15) is 46.0 Å². The zero-order valence-corrected chi connectivity index (χ0v) is 9.44. The lowest BCUT2D eigenvalue weighted by Crippen LogP contribution is -2.29. The highest BCUT2D eigenvalue weighted by molar-refractivity contribution is 4.59. The smallest absolute Gasteiger partial charge is 0.0587 e. The van der Waals surface area contributed by atoms with Gasteiger partial charge in [-0.15, -0.1) is 0 Å². The fraction of sp³-hybridized carbons (Fsp3) is 1.00. The average Bonchev–Trinajstić information content (AvgIpc) is 2.13. The summed E-state index contributed by atoms with van der Waals surface area (Å²) in [6.45, 7) is 6.30. The van der Waals surface area contributed by atoms with Crippen LogP contribution in [0.3, 0.4) is 0 Å². The molecule has 0 aromatic carbocycles. The third-order valence-corrected chi connectivity index (χ3v) is 2.29. The monoisotopic (exact) mass is 187 g/mol. The zero-order valence-electron chi connectivity index (χ0n) is 9.44. The van der Waals surface area contributed by atoms with Gasteiger partial charge in [-0.2, -0.15) is 0 Å². The second-order valence-corrected chi connectivity index (χ2v) is 3.70. The molecule has 2 heteroatoms. The summed E-state index contributed by atoms with van der Waals surface area (Å²) in [5.41, 5.74) is 0. The molecule has 0 rings (SSSR count). The molecule has 2 nitrogen and oxygen atoms in total. The second-order valence-electron chi connectivity index (χ2n) is 3.70. The fourth-order valence-electron chi connectivity index (χ4n) is 1.39. The van der Waals surface area contributed by atoms with Gasteiger partial charge in [-0.05, 0) is 13.3 Å². The lowest BCUT2D eigenvalue weighted by molar-refractivity contribution is 0.195. The molecule has 0 radical (unpaired) electrons. The van der Waals surface area contributed by atoms with Gasteiger partial charge in [0.1, 0.15) is 0 Å². The lowest BCUT2D eigenvalue weighted by Gasteiger charge is -2.12. The van der Waals surface area contributed by atoms with Crippen LogP contribution >= 0.6 is 0 Å². The van der Waals surface area contributed by atoms with Crippen molar-refractivity contribution in [1.82, 2.24) is 5.32 Å². The van der Waals surface area contributed by atoms with Crippen LogP contribution in [-0.4, -0.2) is 26.3 Å². The first-order valence-corrected chi connectivity index (χ1v) is 5.53. The molecule has 0 spiro atoms. The van der Waals surface area contributed by atoms with Crippen molar-refractivity contribution in [3.05, 3.63) is 0 Å². The second kappa shape index (κ2) is 10.0. The lowest BCUT2D eigenvalue weighted by atomic mass is 10.1. The average molecular weight is 187 g/mol. The van der Waals surface area contributed by atoms with Crippen LogP contribution in [0.5, 0.6) is 0 Å². The Balaban J connectivity index is 3.05. The summed E-state index contributed by atoms with van der Waals surface area (Å²) in [4.78, 5) is 0. The number of unbranched alkanes of at least 4 members (excludes halogenated alkanes) is 3. The predicted octanol–water partition coefficient (Wildman–Crippen LogP) is 2.58. The molecule has 0 saturated carbocycles. The van der Waals surface area contributed by atoms with E-state index in [2.05, 4.69) is 19.2 Å². The molecule has 0 aliphatic carbocycles. The van der Waals surface area contributed by atoms with E-state index >= 15 is 0 Å². The Morgan fingerprint density at radius 1 is 1.23 bits per heavy atom. The Morgan fingerprint density at radius 3 is 2.62 bits per heavy atom. The molecular formula is C11H25NO. The molecular weight excluding hydrogens is 162 g/mol. The van der Waals surface area contributed by atoms with Gasteiger partial charge in [-0.3, -0.25) is 0 Å². The molecule has 0 fully saturated rings.